The Morgan fingerprint density at radius 2 is 2.16 bits per heavy atom. The van der Waals surface area contributed by atoms with Crippen molar-refractivity contribution in [1.29, 1.82) is 0 Å². The quantitative estimate of drug-likeness (QED) is 0.887. The first-order valence-electron chi connectivity index (χ1n) is 8.31. The van der Waals surface area contributed by atoms with Crippen LogP contribution >= 0.6 is 0 Å². The van der Waals surface area contributed by atoms with E-state index in [0.29, 0.717) is 6.54 Å². The fraction of sp³-hybridized carbons (Fsp3) is 0.389. The molecule has 0 spiro atoms. The Hall–Kier alpha value is -2.83. The molecule has 1 aliphatic rings. The van der Waals surface area contributed by atoms with Gasteiger partial charge in [0.2, 0.25) is 5.91 Å². The molecule has 1 aromatic carbocycles. The minimum atomic E-state index is -0.494. The van der Waals surface area contributed by atoms with Gasteiger partial charge in [-0.25, -0.2) is 4.79 Å². The van der Waals surface area contributed by atoms with Crippen molar-refractivity contribution in [3.05, 3.63) is 62.9 Å². The predicted molar refractivity (Wildman–Crippen MR) is 92.6 cm³/mol. The fourth-order valence-electron chi connectivity index (χ4n) is 3.24. The van der Waals surface area contributed by atoms with Gasteiger partial charge in [0.1, 0.15) is 5.75 Å². The number of hydrogen-bond donors (Lipinski definition) is 1. The summed E-state index contributed by atoms with van der Waals surface area (Å²) in [6.45, 7) is 0.955. The lowest BCUT2D eigenvalue weighted by molar-refractivity contribution is -0.132. The molecule has 7 nitrogen and oxygen atoms in total. The summed E-state index contributed by atoms with van der Waals surface area (Å²) in [6, 6.07) is 9.09. The van der Waals surface area contributed by atoms with Gasteiger partial charge in [0.15, 0.2) is 0 Å². The second-order valence-electron chi connectivity index (χ2n) is 6.08. The molecule has 1 atom stereocenters. The largest absolute Gasteiger partial charge is 0.497 e. The van der Waals surface area contributed by atoms with Crippen molar-refractivity contribution in [1.82, 2.24) is 14.5 Å². The van der Waals surface area contributed by atoms with E-state index in [-0.39, 0.29) is 24.9 Å². The second kappa shape index (κ2) is 7.38. The summed E-state index contributed by atoms with van der Waals surface area (Å²) in [6.07, 6.45) is 3.49. The zero-order chi connectivity index (χ0) is 17.8. The fourth-order valence-corrected chi connectivity index (χ4v) is 3.24. The monoisotopic (exact) mass is 343 g/mol. The lowest BCUT2D eigenvalue weighted by atomic mass is 10.0. The molecule has 1 fully saturated rings. The Kier molecular flexibility index (Phi) is 5.02. The summed E-state index contributed by atoms with van der Waals surface area (Å²) in [5.41, 5.74) is 0.127. The minimum absolute atomic E-state index is 0.00317. The number of likely N-dealkylation sites (tertiary alicyclic amines) is 1. The maximum Gasteiger partial charge on any atom is 0.328 e. The Labute approximate surface area is 144 Å². The summed E-state index contributed by atoms with van der Waals surface area (Å²) in [4.78, 5) is 39.5. The highest BCUT2D eigenvalue weighted by molar-refractivity contribution is 5.77. The lowest BCUT2D eigenvalue weighted by Gasteiger charge is -2.25. The van der Waals surface area contributed by atoms with E-state index in [9.17, 15) is 14.4 Å². The van der Waals surface area contributed by atoms with E-state index < -0.39 is 11.2 Å². The van der Waals surface area contributed by atoms with Gasteiger partial charge in [-0.2, -0.15) is 0 Å². The second-order valence-corrected chi connectivity index (χ2v) is 6.08. The standard InChI is InChI=1S/C18H21N3O4/c1-25-14-5-2-4-13(12-14)15-6-3-9-21(15)17(23)8-11-20-10-7-16(22)19-18(20)24/h2,4-5,7,10,12,15H,3,6,8-9,11H2,1H3,(H,19,22,24). The first-order chi connectivity index (χ1) is 12.1. The van der Waals surface area contributed by atoms with Crippen LogP contribution < -0.4 is 16.0 Å². The topological polar surface area (TPSA) is 84.4 Å². The van der Waals surface area contributed by atoms with Crippen molar-refractivity contribution in [3.8, 4) is 5.75 Å². The third-order valence-corrected chi connectivity index (χ3v) is 4.52. The molecule has 0 bridgehead atoms. The van der Waals surface area contributed by atoms with E-state index in [2.05, 4.69) is 4.98 Å². The van der Waals surface area contributed by atoms with Crippen LogP contribution in [0.2, 0.25) is 0 Å². The number of ether oxygens (including phenoxy) is 1. The van der Waals surface area contributed by atoms with Crippen LogP contribution in [0.25, 0.3) is 0 Å². The number of carbonyl (C=O) groups excluding carboxylic acids is 1. The van der Waals surface area contributed by atoms with Gasteiger partial charge in [-0.3, -0.25) is 14.6 Å². The van der Waals surface area contributed by atoms with Gasteiger partial charge in [0, 0.05) is 31.8 Å². The van der Waals surface area contributed by atoms with Crippen LogP contribution in [0, 0.1) is 0 Å². The molecule has 25 heavy (non-hydrogen) atoms. The molecule has 1 unspecified atom stereocenters. The number of aromatic nitrogens is 2. The molecule has 1 amide bonds. The van der Waals surface area contributed by atoms with Crippen LogP contribution in [0.15, 0.2) is 46.1 Å². The summed E-state index contributed by atoms with van der Waals surface area (Å²) in [5.74, 6) is 0.778. The van der Waals surface area contributed by atoms with E-state index in [1.807, 2.05) is 29.2 Å². The molecule has 1 saturated heterocycles. The zero-order valence-corrected chi connectivity index (χ0v) is 14.1. The van der Waals surface area contributed by atoms with E-state index in [4.69, 9.17) is 4.74 Å². The highest BCUT2D eigenvalue weighted by Gasteiger charge is 2.29. The van der Waals surface area contributed by atoms with E-state index in [1.165, 1.54) is 16.8 Å². The van der Waals surface area contributed by atoms with Gasteiger partial charge in [0.25, 0.3) is 5.56 Å². The van der Waals surface area contributed by atoms with Crippen molar-refractivity contribution in [3.63, 3.8) is 0 Å². The Bertz CT molecular complexity index is 871. The highest BCUT2D eigenvalue weighted by Crippen LogP contribution is 2.33. The molecular weight excluding hydrogens is 322 g/mol. The van der Waals surface area contributed by atoms with Crippen molar-refractivity contribution in [2.75, 3.05) is 13.7 Å². The maximum absolute atomic E-state index is 12.6. The number of aryl methyl sites for hydroxylation is 1. The number of nitrogens with one attached hydrogen (secondary N) is 1. The number of methoxy groups -OCH3 is 1. The average molecular weight is 343 g/mol. The number of nitrogens with zero attached hydrogens (tertiary/aromatic N) is 2. The number of carbonyl (C=O) groups is 1. The molecule has 0 saturated carbocycles. The molecule has 3 rings (SSSR count). The number of benzene rings is 1. The van der Waals surface area contributed by atoms with Gasteiger partial charge >= 0.3 is 5.69 Å². The summed E-state index contributed by atoms with van der Waals surface area (Å²) in [7, 11) is 1.62. The van der Waals surface area contributed by atoms with Crippen LogP contribution in [0.3, 0.4) is 0 Å². The molecular formula is C18H21N3O4. The summed E-state index contributed by atoms with van der Waals surface area (Å²) >= 11 is 0. The number of H-pyrrole nitrogens is 1. The van der Waals surface area contributed by atoms with Crippen LogP contribution in [0.4, 0.5) is 0 Å². The molecule has 132 valence electrons. The predicted octanol–water partition coefficient (Wildman–Crippen LogP) is 1.30. The average Bonchev–Trinajstić information content (AvgIpc) is 3.10. The number of amides is 1. The van der Waals surface area contributed by atoms with E-state index >= 15 is 0 Å². The molecule has 7 heteroatoms. The smallest absolute Gasteiger partial charge is 0.328 e. The Balaban J connectivity index is 1.70. The lowest BCUT2D eigenvalue weighted by Crippen LogP contribution is -2.33. The van der Waals surface area contributed by atoms with Crippen LogP contribution in [-0.2, 0) is 11.3 Å². The van der Waals surface area contributed by atoms with Gasteiger partial charge in [-0.1, -0.05) is 12.1 Å². The number of aromatic amines is 1. The zero-order valence-electron chi connectivity index (χ0n) is 14.1. The molecule has 2 aromatic rings. The summed E-state index contributed by atoms with van der Waals surface area (Å²) in [5, 5.41) is 0. The Morgan fingerprint density at radius 3 is 2.92 bits per heavy atom. The first-order valence-corrected chi connectivity index (χ1v) is 8.31. The molecule has 2 heterocycles. The number of hydrogen-bond acceptors (Lipinski definition) is 4. The molecule has 1 N–H and O–H groups in total. The normalized spacial score (nSPS) is 16.8. The molecule has 0 aliphatic carbocycles. The first kappa shape index (κ1) is 17.0. The molecule has 0 radical (unpaired) electrons. The summed E-state index contributed by atoms with van der Waals surface area (Å²) < 4.78 is 6.61. The van der Waals surface area contributed by atoms with E-state index in [1.54, 1.807) is 7.11 Å². The van der Waals surface area contributed by atoms with Crippen molar-refractivity contribution < 1.29 is 9.53 Å². The maximum atomic E-state index is 12.6. The van der Waals surface area contributed by atoms with Gasteiger partial charge in [-0.05, 0) is 30.5 Å². The third kappa shape index (κ3) is 3.81. The number of rotatable bonds is 5. The van der Waals surface area contributed by atoms with Crippen LogP contribution in [-0.4, -0.2) is 34.0 Å². The SMILES string of the molecule is COc1cccc(C2CCCN2C(=O)CCn2ccc(=O)[nH]c2=O)c1. The highest BCUT2D eigenvalue weighted by atomic mass is 16.5. The third-order valence-electron chi connectivity index (χ3n) is 4.52. The Morgan fingerprint density at radius 1 is 1.32 bits per heavy atom. The van der Waals surface area contributed by atoms with Crippen molar-refractivity contribution in [2.45, 2.75) is 31.8 Å². The van der Waals surface area contributed by atoms with Gasteiger partial charge in [-0.15, -0.1) is 0 Å². The van der Waals surface area contributed by atoms with Crippen LogP contribution in [0.1, 0.15) is 30.9 Å². The molecule has 1 aliphatic heterocycles. The molecule has 1 aromatic heterocycles. The van der Waals surface area contributed by atoms with Gasteiger partial charge < -0.3 is 14.2 Å². The van der Waals surface area contributed by atoms with Gasteiger partial charge in [0.05, 0.1) is 13.2 Å². The minimum Gasteiger partial charge on any atom is -0.497 e. The van der Waals surface area contributed by atoms with Crippen molar-refractivity contribution in [2.24, 2.45) is 0 Å². The van der Waals surface area contributed by atoms with Crippen molar-refractivity contribution >= 4 is 5.91 Å². The van der Waals surface area contributed by atoms with Crippen LogP contribution in [0.5, 0.6) is 5.75 Å². The van der Waals surface area contributed by atoms with E-state index in [0.717, 1.165) is 24.2 Å².